The van der Waals surface area contributed by atoms with E-state index < -0.39 is 16.1 Å². The molecule has 2 N–H and O–H groups in total. The van der Waals surface area contributed by atoms with Crippen LogP contribution < -0.4 is 5.73 Å². The quantitative estimate of drug-likeness (QED) is 0.157. The molecule has 0 aliphatic heterocycles. The Bertz CT molecular complexity index is 467. The third-order valence-corrected chi connectivity index (χ3v) is 5.41. The first-order valence-electron chi connectivity index (χ1n) is 10.3. The number of allylic oxidation sites excluding steroid dienone is 2. The molecule has 0 saturated heterocycles. The maximum atomic E-state index is 11.4. The summed E-state index contributed by atoms with van der Waals surface area (Å²) in [7, 11) is -3.78. The molecule has 5 nitrogen and oxygen atoms in total. The number of unbranched alkanes of at least 4 members (excludes halogenated alkanes) is 11. The van der Waals surface area contributed by atoms with Crippen LogP contribution in [0.2, 0.25) is 0 Å². The summed E-state index contributed by atoms with van der Waals surface area (Å²) in [5.74, 6) is -0.985. The van der Waals surface area contributed by atoms with Gasteiger partial charge in [0.1, 0.15) is 0 Å². The minimum absolute atomic E-state index is 0. The van der Waals surface area contributed by atoms with E-state index in [0.717, 1.165) is 25.7 Å². The third kappa shape index (κ3) is 22.3. The number of hydrogen-bond donors (Lipinski definition) is 1. The first-order valence-corrected chi connectivity index (χ1v) is 11.9. The van der Waals surface area contributed by atoms with Gasteiger partial charge in [-0.25, -0.2) is 0 Å². The van der Waals surface area contributed by atoms with Crippen molar-refractivity contribution in [3.05, 3.63) is 12.2 Å². The Morgan fingerprint density at radius 1 is 0.852 bits per heavy atom. The number of hydrogen-bond acceptors (Lipinski definition) is 5. The molecular weight excluding hydrogens is 373 g/mol. The van der Waals surface area contributed by atoms with Gasteiger partial charge in [0.15, 0.2) is 0 Å². The van der Waals surface area contributed by atoms with Crippen LogP contribution in [0.15, 0.2) is 12.2 Å². The Balaban J connectivity index is 0. The number of rotatable bonds is 18. The van der Waals surface area contributed by atoms with E-state index in [2.05, 4.69) is 23.3 Å². The van der Waals surface area contributed by atoms with Crippen molar-refractivity contribution in [3.63, 3.8) is 0 Å². The van der Waals surface area contributed by atoms with Gasteiger partial charge in [-0.2, -0.15) is 8.42 Å². The fourth-order valence-electron chi connectivity index (χ4n) is 2.71. The molecular formula is C20H40NNaO4S. The average Bonchev–Trinajstić information content (AvgIpc) is 2.57. The zero-order valence-corrected chi connectivity index (χ0v) is 17.4. The molecule has 0 radical (unpaired) electrons. The number of carbonyl (C=O) groups is 1. The van der Waals surface area contributed by atoms with Gasteiger partial charge in [-0.15, -0.1) is 0 Å². The molecule has 27 heavy (non-hydrogen) atoms. The molecule has 7 heteroatoms. The first-order chi connectivity index (χ1) is 12.5. The Kier molecular flexibility index (Phi) is 22.6. The Morgan fingerprint density at radius 3 is 1.85 bits per heavy atom. The second-order valence-corrected chi connectivity index (χ2v) is 8.53. The summed E-state index contributed by atoms with van der Waals surface area (Å²) < 4.78 is 27.0. The third-order valence-electron chi connectivity index (χ3n) is 4.23. The van der Waals surface area contributed by atoms with Gasteiger partial charge in [0.2, 0.25) is 0 Å². The molecule has 0 aromatic heterocycles. The van der Waals surface area contributed by atoms with Crippen molar-refractivity contribution in [2.24, 2.45) is 5.73 Å². The van der Waals surface area contributed by atoms with Crippen molar-refractivity contribution in [2.75, 3.05) is 12.3 Å². The molecule has 0 amide bonds. The van der Waals surface area contributed by atoms with Gasteiger partial charge in [-0.1, -0.05) is 70.4 Å². The molecule has 0 aromatic rings. The molecule has 0 heterocycles. The maximum absolute atomic E-state index is 11.4. The van der Waals surface area contributed by atoms with Crippen LogP contribution in [0.3, 0.4) is 0 Å². The zero-order valence-electron chi connectivity index (χ0n) is 16.6. The van der Waals surface area contributed by atoms with Crippen molar-refractivity contribution < 1.29 is 17.4 Å². The summed E-state index contributed by atoms with van der Waals surface area (Å²) in [5, 5.41) is 0. The fourth-order valence-corrected chi connectivity index (χ4v) is 3.45. The van der Waals surface area contributed by atoms with Crippen molar-refractivity contribution in [1.29, 1.82) is 0 Å². The second-order valence-electron chi connectivity index (χ2n) is 6.84. The summed E-state index contributed by atoms with van der Waals surface area (Å²) in [6, 6.07) is 0. The molecule has 0 aliphatic carbocycles. The van der Waals surface area contributed by atoms with E-state index in [-0.39, 0.29) is 48.3 Å². The van der Waals surface area contributed by atoms with Crippen LogP contribution in [0.4, 0.5) is 0 Å². The molecule has 0 spiro atoms. The number of carbonyl (C=O) groups excluding carboxylic acids is 1. The van der Waals surface area contributed by atoms with Crippen molar-refractivity contribution in [3.8, 4) is 0 Å². The monoisotopic (exact) mass is 413 g/mol. The Morgan fingerprint density at radius 2 is 1.33 bits per heavy atom. The molecule has 0 saturated carbocycles. The molecule has 0 bridgehead atoms. The summed E-state index contributed by atoms with van der Waals surface area (Å²) in [4.78, 5) is 11.4. The normalized spacial score (nSPS) is 11.5. The summed E-state index contributed by atoms with van der Waals surface area (Å²) in [6.45, 7) is 2.21. The van der Waals surface area contributed by atoms with Crippen LogP contribution in [0.25, 0.3) is 0 Å². The van der Waals surface area contributed by atoms with Crippen LogP contribution in [0, 0.1) is 0 Å². The molecule has 0 atom stereocenters. The summed E-state index contributed by atoms with van der Waals surface area (Å²) in [5.41, 5.74) is 5.15. The molecule has 156 valence electrons. The molecule has 0 aromatic carbocycles. The molecule has 0 rings (SSSR count). The van der Waals surface area contributed by atoms with Gasteiger partial charge in [-0.05, 0) is 32.1 Å². The topological polar surface area (TPSA) is 86.5 Å². The Hall–Kier alpha value is 0.120. The summed E-state index contributed by atoms with van der Waals surface area (Å²) >= 11 is 0. The fraction of sp³-hybridized carbons (Fsp3) is 0.850. The van der Waals surface area contributed by atoms with Crippen LogP contribution in [-0.4, -0.2) is 56.2 Å². The van der Waals surface area contributed by atoms with E-state index >= 15 is 0 Å². The van der Waals surface area contributed by atoms with Gasteiger partial charge in [0, 0.05) is 13.0 Å². The van der Waals surface area contributed by atoms with Crippen LogP contribution >= 0.6 is 0 Å². The standard InChI is InChI=1S/C20H39NO4S.Na.H/c1-2-3-4-5-6-7-8-9-10-11-12-13-14-15-16-17-20(22)25-26(23,24)19-18-21;;/h9-10H,2-8,11-19,21H2,1H3;;/b10-9-;;. The van der Waals surface area contributed by atoms with E-state index in [1.54, 1.807) is 0 Å². The van der Waals surface area contributed by atoms with Gasteiger partial charge in [0.05, 0.1) is 5.75 Å². The average molecular weight is 414 g/mol. The van der Waals surface area contributed by atoms with Crippen LogP contribution in [0.5, 0.6) is 0 Å². The van der Waals surface area contributed by atoms with Crippen LogP contribution in [0.1, 0.15) is 96.8 Å². The van der Waals surface area contributed by atoms with Gasteiger partial charge in [0.25, 0.3) is 0 Å². The van der Waals surface area contributed by atoms with Crippen molar-refractivity contribution in [1.82, 2.24) is 0 Å². The molecule has 0 aliphatic rings. The van der Waals surface area contributed by atoms with Crippen LogP contribution in [-0.2, 0) is 19.1 Å². The van der Waals surface area contributed by atoms with E-state index in [1.807, 2.05) is 0 Å². The Labute approximate surface area is 189 Å². The summed E-state index contributed by atoms with van der Waals surface area (Å²) in [6.07, 6.45) is 20.1. The van der Waals surface area contributed by atoms with E-state index in [1.165, 1.54) is 51.4 Å². The predicted octanol–water partition coefficient (Wildman–Crippen LogP) is 4.21. The SMILES string of the molecule is CCCCCCCC/C=C\CCCCCCCC(=O)OS(=O)(=O)CCN.[NaH]. The van der Waals surface area contributed by atoms with Gasteiger partial charge in [-0.3, -0.25) is 4.79 Å². The molecule has 0 unspecified atom stereocenters. The predicted molar refractivity (Wildman–Crippen MR) is 116 cm³/mol. The van der Waals surface area contributed by atoms with Crippen molar-refractivity contribution in [2.45, 2.75) is 96.8 Å². The van der Waals surface area contributed by atoms with E-state index in [0.29, 0.717) is 6.42 Å². The second kappa shape index (κ2) is 20.8. The zero-order chi connectivity index (χ0) is 19.5. The van der Waals surface area contributed by atoms with E-state index in [4.69, 9.17) is 5.73 Å². The minimum atomic E-state index is -3.78. The molecule has 0 fully saturated rings. The van der Waals surface area contributed by atoms with E-state index in [9.17, 15) is 13.2 Å². The van der Waals surface area contributed by atoms with Gasteiger partial charge < -0.3 is 9.92 Å². The first kappa shape index (κ1) is 29.3. The number of nitrogens with two attached hydrogens (primary N) is 1. The van der Waals surface area contributed by atoms with Crippen molar-refractivity contribution >= 4 is 45.6 Å². The van der Waals surface area contributed by atoms with Gasteiger partial charge >= 0.3 is 45.6 Å².